The molecule has 27 heavy (non-hydrogen) atoms. The standard InChI is InChI=1S/C22H31N5/c1-3-23-22(27-14-10-19(16-27)26-12-4-5-13-26)24-11-9-18-15-25-21-17(2)7-6-8-20(18)21/h4-8,15,19,25H,3,9-14,16H2,1-2H3,(H,23,24). The number of aromatic nitrogens is 1. The van der Waals surface area contributed by atoms with E-state index in [2.05, 4.69) is 70.5 Å². The van der Waals surface area contributed by atoms with E-state index >= 15 is 0 Å². The quantitative estimate of drug-likeness (QED) is 0.487. The molecule has 5 nitrogen and oxygen atoms in total. The van der Waals surface area contributed by atoms with Gasteiger partial charge in [-0.2, -0.15) is 0 Å². The number of hydrogen-bond donors (Lipinski definition) is 2. The molecule has 2 aliphatic heterocycles. The molecule has 1 fully saturated rings. The fraction of sp³-hybridized carbons (Fsp3) is 0.500. The van der Waals surface area contributed by atoms with E-state index in [0.717, 1.165) is 51.6 Å². The van der Waals surface area contributed by atoms with Gasteiger partial charge in [0.15, 0.2) is 5.96 Å². The van der Waals surface area contributed by atoms with Crippen molar-refractivity contribution in [2.75, 3.05) is 39.3 Å². The van der Waals surface area contributed by atoms with Crippen LogP contribution in [0.15, 0.2) is 41.5 Å². The van der Waals surface area contributed by atoms with Crippen LogP contribution in [0.25, 0.3) is 10.9 Å². The maximum Gasteiger partial charge on any atom is 0.193 e. The van der Waals surface area contributed by atoms with Gasteiger partial charge in [0, 0.05) is 62.4 Å². The molecule has 2 N–H and O–H groups in total. The lowest BCUT2D eigenvalue weighted by Crippen LogP contribution is -2.43. The van der Waals surface area contributed by atoms with Crippen molar-refractivity contribution < 1.29 is 0 Å². The highest BCUT2D eigenvalue weighted by atomic mass is 15.3. The molecule has 0 amide bonds. The SMILES string of the molecule is CCNC(=NCCc1c[nH]c2c(C)cccc12)N1CCC(N2CC=CC2)C1. The van der Waals surface area contributed by atoms with Gasteiger partial charge in [-0.05, 0) is 37.8 Å². The first-order valence-electron chi connectivity index (χ1n) is 10.2. The average Bonchev–Trinajstić information content (AvgIpc) is 3.42. The number of fused-ring (bicyclic) bond motifs is 1. The van der Waals surface area contributed by atoms with Crippen molar-refractivity contribution in [1.82, 2.24) is 20.1 Å². The van der Waals surface area contributed by atoms with Gasteiger partial charge in [-0.3, -0.25) is 9.89 Å². The van der Waals surface area contributed by atoms with E-state index in [9.17, 15) is 0 Å². The molecule has 1 aromatic heterocycles. The van der Waals surface area contributed by atoms with E-state index in [-0.39, 0.29) is 0 Å². The zero-order valence-corrected chi connectivity index (χ0v) is 16.5. The fourth-order valence-corrected chi connectivity index (χ4v) is 4.30. The third-order valence-electron chi connectivity index (χ3n) is 5.81. The Labute approximate surface area is 162 Å². The molecule has 1 unspecified atom stereocenters. The molecule has 0 saturated carbocycles. The summed E-state index contributed by atoms with van der Waals surface area (Å²) in [5.74, 6) is 1.07. The molecule has 0 spiro atoms. The van der Waals surface area contributed by atoms with Gasteiger partial charge in [0.2, 0.25) is 0 Å². The second-order valence-corrected chi connectivity index (χ2v) is 7.61. The molecule has 5 heteroatoms. The summed E-state index contributed by atoms with van der Waals surface area (Å²) in [4.78, 5) is 13.4. The van der Waals surface area contributed by atoms with Crippen molar-refractivity contribution in [2.24, 2.45) is 4.99 Å². The van der Waals surface area contributed by atoms with Crippen molar-refractivity contribution >= 4 is 16.9 Å². The number of nitrogens with one attached hydrogen (secondary N) is 2. The second kappa shape index (κ2) is 8.17. The molecule has 2 aromatic rings. The first-order chi connectivity index (χ1) is 13.3. The summed E-state index contributed by atoms with van der Waals surface area (Å²) in [5.41, 5.74) is 3.91. The van der Waals surface area contributed by atoms with Gasteiger partial charge in [-0.25, -0.2) is 0 Å². The van der Waals surface area contributed by atoms with Crippen LogP contribution in [-0.2, 0) is 6.42 Å². The van der Waals surface area contributed by atoms with E-state index in [1.54, 1.807) is 0 Å². The van der Waals surface area contributed by atoms with Crippen LogP contribution in [0.1, 0.15) is 24.5 Å². The Hall–Kier alpha value is -2.27. The Bertz CT molecular complexity index is 826. The summed E-state index contributed by atoms with van der Waals surface area (Å²) in [6, 6.07) is 7.16. The highest BCUT2D eigenvalue weighted by Gasteiger charge is 2.29. The number of para-hydroxylation sites is 1. The number of aliphatic imine (C=N–C) groups is 1. The Morgan fingerprint density at radius 1 is 1.30 bits per heavy atom. The first kappa shape index (κ1) is 18.1. The fourth-order valence-electron chi connectivity index (χ4n) is 4.30. The maximum absolute atomic E-state index is 4.94. The Kier molecular flexibility index (Phi) is 5.48. The molecular weight excluding hydrogens is 334 g/mol. The van der Waals surface area contributed by atoms with Gasteiger partial charge in [0.05, 0.1) is 0 Å². The normalized spacial score (nSPS) is 20.9. The van der Waals surface area contributed by atoms with Crippen LogP contribution < -0.4 is 5.32 Å². The zero-order valence-electron chi connectivity index (χ0n) is 16.5. The van der Waals surface area contributed by atoms with Crippen molar-refractivity contribution in [3.63, 3.8) is 0 Å². The summed E-state index contributed by atoms with van der Waals surface area (Å²) >= 11 is 0. The highest BCUT2D eigenvalue weighted by Crippen LogP contribution is 2.22. The van der Waals surface area contributed by atoms with E-state index in [1.807, 2.05) is 0 Å². The van der Waals surface area contributed by atoms with E-state index < -0.39 is 0 Å². The number of aryl methyl sites for hydroxylation is 1. The number of guanidine groups is 1. The third-order valence-corrected chi connectivity index (χ3v) is 5.81. The van der Waals surface area contributed by atoms with Crippen molar-refractivity contribution in [2.45, 2.75) is 32.7 Å². The van der Waals surface area contributed by atoms with Crippen LogP contribution in [0, 0.1) is 6.92 Å². The van der Waals surface area contributed by atoms with Crippen LogP contribution in [0.3, 0.4) is 0 Å². The number of likely N-dealkylation sites (tertiary alicyclic amines) is 1. The minimum atomic E-state index is 0.653. The van der Waals surface area contributed by atoms with Gasteiger partial charge in [-0.15, -0.1) is 0 Å². The minimum absolute atomic E-state index is 0.653. The van der Waals surface area contributed by atoms with Crippen molar-refractivity contribution in [3.8, 4) is 0 Å². The molecule has 0 bridgehead atoms. The Morgan fingerprint density at radius 3 is 2.96 bits per heavy atom. The molecule has 0 radical (unpaired) electrons. The topological polar surface area (TPSA) is 46.7 Å². The Morgan fingerprint density at radius 2 is 2.15 bits per heavy atom. The molecule has 1 atom stereocenters. The molecule has 2 aliphatic rings. The minimum Gasteiger partial charge on any atom is -0.361 e. The van der Waals surface area contributed by atoms with Gasteiger partial charge in [0.25, 0.3) is 0 Å². The first-order valence-corrected chi connectivity index (χ1v) is 10.2. The summed E-state index contributed by atoms with van der Waals surface area (Å²) in [7, 11) is 0. The Balaban J connectivity index is 1.40. The van der Waals surface area contributed by atoms with Gasteiger partial charge in [0.1, 0.15) is 0 Å². The second-order valence-electron chi connectivity index (χ2n) is 7.61. The number of aromatic amines is 1. The maximum atomic E-state index is 4.94. The van der Waals surface area contributed by atoms with E-state index in [0.29, 0.717) is 6.04 Å². The van der Waals surface area contributed by atoms with Crippen LogP contribution in [-0.4, -0.2) is 66.1 Å². The lowest BCUT2D eigenvalue weighted by Gasteiger charge is -2.25. The molecular formula is C22H31N5. The highest BCUT2D eigenvalue weighted by molar-refractivity contribution is 5.86. The number of benzene rings is 1. The monoisotopic (exact) mass is 365 g/mol. The van der Waals surface area contributed by atoms with Crippen LogP contribution in [0.5, 0.6) is 0 Å². The summed E-state index contributed by atoms with van der Waals surface area (Å²) in [5, 5.41) is 4.83. The van der Waals surface area contributed by atoms with Crippen LogP contribution >= 0.6 is 0 Å². The average molecular weight is 366 g/mol. The molecule has 1 aromatic carbocycles. The largest absolute Gasteiger partial charge is 0.361 e. The molecule has 144 valence electrons. The van der Waals surface area contributed by atoms with Gasteiger partial charge in [-0.1, -0.05) is 30.4 Å². The van der Waals surface area contributed by atoms with Crippen molar-refractivity contribution in [3.05, 3.63) is 47.7 Å². The number of H-pyrrole nitrogens is 1. The lowest BCUT2D eigenvalue weighted by atomic mass is 10.1. The lowest BCUT2D eigenvalue weighted by molar-refractivity contribution is 0.259. The summed E-state index contributed by atoms with van der Waals surface area (Å²) in [6.07, 6.45) is 8.90. The molecule has 1 saturated heterocycles. The van der Waals surface area contributed by atoms with Gasteiger partial charge < -0.3 is 15.2 Å². The van der Waals surface area contributed by atoms with E-state index in [4.69, 9.17) is 4.99 Å². The number of rotatable bonds is 5. The third kappa shape index (κ3) is 3.88. The van der Waals surface area contributed by atoms with Crippen LogP contribution in [0.4, 0.5) is 0 Å². The molecule has 0 aliphatic carbocycles. The van der Waals surface area contributed by atoms with E-state index in [1.165, 1.54) is 28.5 Å². The summed E-state index contributed by atoms with van der Waals surface area (Å²) < 4.78 is 0. The summed E-state index contributed by atoms with van der Waals surface area (Å²) in [6.45, 7) is 10.4. The van der Waals surface area contributed by atoms with Crippen LogP contribution in [0.2, 0.25) is 0 Å². The van der Waals surface area contributed by atoms with Gasteiger partial charge >= 0.3 is 0 Å². The number of nitrogens with zero attached hydrogens (tertiary/aromatic N) is 3. The number of hydrogen-bond acceptors (Lipinski definition) is 2. The molecule has 3 heterocycles. The predicted octanol–water partition coefficient (Wildman–Crippen LogP) is 2.93. The molecule has 4 rings (SSSR count). The zero-order chi connectivity index (χ0) is 18.6. The smallest absolute Gasteiger partial charge is 0.193 e. The van der Waals surface area contributed by atoms with Crippen molar-refractivity contribution in [1.29, 1.82) is 0 Å². The predicted molar refractivity (Wildman–Crippen MR) is 113 cm³/mol.